The van der Waals surface area contributed by atoms with Gasteiger partial charge in [0, 0.05) is 6.61 Å². The third-order valence-electron chi connectivity index (χ3n) is 4.57. The van der Waals surface area contributed by atoms with Crippen molar-refractivity contribution < 1.29 is 9.53 Å². The molecule has 21 heavy (non-hydrogen) atoms. The quantitative estimate of drug-likeness (QED) is 0.928. The average Bonchev–Trinajstić information content (AvgIpc) is 2.99. The third-order valence-corrected chi connectivity index (χ3v) is 4.57. The summed E-state index contributed by atoms with van der Waals surface area (Å²) in [6.45, 7) is 7.58. The van der Waals surface area contributed by atoms with Gasteiger partial charge in [0.05, 0.1) is 18.2 Å². The molecule has 1 amide bonds. The number of carbonyl (C=O) groups excluding carboxylic acids is 1. The van der Waals surface area contributed by atoms with Crippen LogP contribution in [0.5, 0.6) is 0 Å². The Hall–Kier alpha value is -1.39. The van der Waals surface area contributed by atoms with Crippen LogP contribution in [0.15, 0.2) is 24.3 Å². The van der Waals surface area contributed by atoms with Gasteiger partial charge >= 0.3 is 0 Å². The van der Waals surface area contributed by atoms with Crippen LogP contribution in [0.2, 0.25) is 0 Å². The maximum Gasteiger partial charge on any atom is 0.241 e. The van der Waals surface area contributed by atoms with E-state index in [0.29, 0.717) is 6.54 Å². The summed E-state index contributed by atoms with van der Waals surface area (Å²) >= 11 is 0. The smallest absolute Gasteiger partial charge is 0.241 e. The zero-order valence-corrected chi connectivity index (χ0v) is 13.1. The lowest BCUT2D eigenvalue weighted by molar-refractivity contribution is -0.133. The number of aryl methyl sites for hydroxylation is 1. The molecule has 0 aliphatic carbocycles. The van der Waals surface area contributed by atoms with Crippen molar-refractivity contribution in [2.75, 3.05) is 13.2 Å². The predicted molar refractivity (Wildman–Crippen MR) is 81.8 cm³/mol. The molecule has 2 aliphatic heterocycles. The van der Waals surface area contributed by atoms with Crippen molar-refractivity contribution in [1.29, 1.82) is 0 Å². The van der Waals surface area contributed by atoms with Crippen molar-refractivity contribution in [2.45, 2.75) is 51.4 Å². The minimum Gasteiger partial charge on any atom is -0.373 e. The summed E-state index contributed by atoms with van der Waals surface area (Å²) < 4.78 is 5.87. The zero-order valence-electron chi connectivity index (χ0n) is 13.1. The van der Waals surface area contributed by atoms with Crippen LogP contribution in [-0.4, -0.2) is 35.6 Å². The fourth-order valence-electron chi connectivity index (χ4n) is 3.29. The Morgan fingerprint density at radius 3 is 2.71 bits per heavy atom. The summed E-state index contributed by atoms with van der Waals surface area (Å²) in [5, 5.41) is 3.40. The van der Waals surface area contributed by atoms with Crippen LogP contribution in [0, 0.1) is 6.92 Å². The standard InChI is InChI=1S/C17H24N2O2/c1-12-5-7-14(8-6-12)15-18-13(2)16(20)19(15)11-17(3)9-4-10-21-17/h5-8,13,15,18H,4,9-11H2,1-3H3. The van der Waals surface area contributed by atoms with Gasteiger partial charge < -0.3 is 9.64 Å². The number of ether oxygens (including phenoxy) is 1. The maximum absolute atomic E-state index is 12.5. The largest absolute Gasteiger partial charge is 0.373 e. The molecule has 3 unspecified atom stereocenters. The molecule has 2 fully saturated rings. The lowest BCUT2D eigenvalue weighted by atomic mass is 10.0. The minimum absolute atomic E-state index is 0.0471. The Kier molecular flexibility index (Phi) is 3.76. The van der Waals surface area contributed by atoms with Crippen LogP contribution in [0.1, 0.15) is 44.0 Å². The molecule has 3 rings (SSSR count). The normalized spacial score (nSPS) is 32.9. The fraction of sp³-hybridized carbons (Fsp3) is 0.588. The van der Waals surface area contributed by atoms with E-state index >= 15 is 0 Å². The molecule has 1 N–H and O–H groups in total. The van der Waals surface area contributed by atoms with E-state index in [1.807, 2.05) is 11.8 Å². The fourth-order valence-corrected chi connectivity index (χ4v) is 3.29. The number of carbonyl (C=O) groups is 1. The molecule has 3 atom stereocenters. The SMILES string of the molecule is Cc1ccc(C2NC(C)C(=O)N2CC2(C)CCCO2)cc1. The van der Waals surface area contributed by atoms with Gasteiger partial charge in [0.2, 0.25) is 5.91 Å². The van der Waals surface area contributed by atoms with Gasteiger partial charge in [0.15, 0.2) is 0 Å². The first-order valence-electron chi connectivity index (χ1n) is 7.76. The maximum atomic E-state index is 12.5. The Labute approximate surface area is 126 Å². The Bertz CT molecular complexity index is 520. The highest BCUT2D eigenvalue weighted by Gasteiger charge is 2.42. The first kappa shape index (κ1) is 14.5. The van der Waals surface area contributed by atoms with Gasteiger partial charge in [0.1, 0.15) is 6.17 Å². The molecule has 2 heterocycles. The number of amides is 1. The number of rotatable bonds is 3. The average molecular weight is 288 g/mol. The first-order valence-corrected chi connectivity index (χ1v) is 7.76. The van der Waals surface area contributed by atoms with Crippen molar-refractivity contribution in [3.05, 3.63) is 35.4 Å². The molecule has 2 saturated heterocycles. The number of hydrogen-bond donors (Lipinski definition) is 1. The molecule has 1 aromatic rings. The topological polar surface area (TPSA) is 41.6 Å². The molecular formula is C17H24N2O2. The highest BCUT2D eigenvalue weighted by atomic mass is 16.5. The van der Waals surface area contributed by atoms with E-state index in [9.17, 15) is 4.79 Å². The van der Waals surface area contributed by atoms with Gasteiger partial charge in [-0.15, -0.1) is 0 Å². The van der Waals surface area contributed by atoms with E-state index in [2.05, 4.69) is 43.4 Å². The molecule has 0 spiro atoms. The molecular weight excluding hydrogens is 264 g/mol. The second kappa shape index (κ2) is 5.43. The summed E-state index contributed by atoms with van der Waals surface area (Å²) in [5.74, 6) is 0.164. The lowest BCUT2D eigenvalue weighted by Gasteiger charge is -2.33. The first-order chi connectivity index (χ1) is 9.98. The number of nitrogens with one attached hydrogen (secondary N) is 1. The molecule has 4 heteroatoms. The summed E-state index contributed by atoms with van der Waals surface area (Å²) in [4.78, 5) is 14.4. The van der Waals surface area contributed by atoms with Gasteiger partial charge in [-0.2, -0.15) is 0 Å². The number of benzene rings is 1. The van der Waals surface area contributed by atoms with Gasteiger partial charge in [-0.3, -0.25) is 10.1 Å². The molecule has 2 aliphatic rings. The minimum atomic E-state index is -0.204. The van der Waals surface area contributed by atoms with Crippen molar-refractivity contribution in [2.24, 2.45) is 0 Å². The van der Waals surface area contributed by atoms with E-state index < -0.39 is 0 Å². The Morgan fingerprint density at radius 2 is 2.10 bits per heavy atom. The van der Waals surface area contributed by atoms with Crippen molar-refractivity contribution >= 4 is 5.91 Å². The van der Waals surface area contributed by atoms with Crippen molar-refractivity contribution in [3.63, 3.8) is 0 Å². The van der Waals surface area contributed by atoms with Crippen LogP contribution in [0.25, 0.3) is 0 Å². The molecule has 4 nitrogen and oxygen atoms in total. The van der Waals surface area contributed by atoms with Crippen LogP contribution < -0.4 is 5.32 Å². The predicted octanol–water partition coefficient (Wildman–Crippen LogP) is 2.38. The Morgan fingerprint density at radius 1 is 1.38 bits per heavy atom. The van der Waals surface area contributed by atoms with E-state index in [4.69, 9.17) is 4.74 Å². The molecule has 0 saturated carbocycles. The van der Waals surface area contributed by atoms with E-state index in [1.165, 1.54) is 5.56 Å². The second-order valence-corrected chi connectivity index (χ2v) is 6.57. The molecule has 1 aromatic carbocycles. The Balaban J connectivity index is 1.84. The summed E-state index contributed by atoms with van der Waals surface area (Å²) in [6.07, 6.45) is 2.05. The zero-order chi connectivity index (χ0) is 15.0. The van der Waals surface area contributed by atoms with Gasteiger partial charge in [0.25, 0.3) is 0 Å². The molecule has 0 bridgehead atoms. The van der Waals surface area contributed by atoms with E-state index in [-0.39, 0.29) is 23.7 Å². The summed E-state index contributed by atoms with van der Waals surface area (Å²) in [5.41, 5.74) is 2.17. The van der Waals surface area contributed by atoms with Crippen LogP contribution in [-0.2, 0) is 9.53 Å². The van der Waals surface area contributed by atoms with Crippen molar-refractivity contribution in [1.82, 2.24) is 10.2 Å². The number of hydrogen-bond acceptors (Lipinski definition) is 3. The lowest BCUT2D eigenvalue weighted by Crippen LogP contribution is -2.43. The molecule has 0 aromatic heterocycles. The van der Waals surface area contributed by atoms with Gasteiger partial charge in [-0.05, 0) is 39.2 Å². The summed E-state index contributed by atoms with van der Waals surface area (Å²) in [7, 11) is 0. The monoisotopic (exact) mass is 288 g/mol. The highest BCUT2D eigenvalue weighted by molar-refractivity contribution is 5.84. The van der Waals surface area contributed by atoms with Crippen LogP contribution in [0.3, 0.4) is 0 Å². The highest BCUT2D eigenvalue weighted by Crippen LogP contribution is 2.32. The third kappa shape index (κ3) is 2.83. The second-order valence-electron chi connectivity index (χ2n) is 6.57. The van der Waals surface area contributed by atoms with Crippen molar-refractivity contribution in [3.8, 4) is 0 Å². The van der Waals surface area contributed by atoms with Gasteiger partial charge in [-0.1, -0.05) is 29.8 Å². The van der Waals surface area contributed by atoms with Crippen LogP contribution >= 0.6 is 0 Å². The molecule has 114 valence electrons. The number of nitrogens with zero attached hydrogens (tertiary/aromatic N) is 1. The van der Waals surface area contributed by atoms with E-state index in [0.717, 1.165) is 25.0 Å². The van der Waals surface area contributed by atoms with E-state index in [1.54, 1.807) is 0 Å². The molecule has 0 radical (unpaired) electrons. The summed E-state index contributed by atoms with van der Waals surface area (Å²) in [6, 6.07) is 8.25. The van der Waals surface area contributed by atoms with Gasteiger partial charge in [-0.25, -0.2) is 0 Å². The van der Waals surface area contributed by atoms with Crippen LogP contribution in [0.4, 0.5) is 0 Å².